The largest absolute Gasteiger partial charge is 0.394 e. The third-order valence-electron chi connectivity index (χ3n) is 12.8. The quantitative estimate of drug-likeness (QED) is 0.0262. The van der Waals surface area contributed by atoms with Gasteiger partial charge in [0.25, 0.3) is 0 Å². The van der Waals surface area contributed by atoms with Crippen LogP contribution in [0.4, 0.5) is 0 Å². The van der Waals surface area contributed by atoms with Gasteiger partial charge in [0.1, 0.15) is 24.4 Å². The molecule has 9 heteroatoms. The van der Waals surface area contributed by atoms with E-state index in [1.807, 2.05) is 6.08 Å². The molecule has 0 saturated carbocycles. The van der Waals surface area contributed by atoms with Crippen molar-refractivity contribution in [2.45, 2.75) is 294 Å². The van der Waals surface area contributed by atoms with Crippen molar-refractivity contribution in [2.75, 3.05) is 13.2 Å². The molecule has 1 aliphatic rings. The van der Waals surface area contributed by atoms with Gasteiger partial charge in [-0.3, -0.25) is 4.79 Å². The number of ether oxygens (including phenoxy) is 2. The summed E-state index contributed by atoms with van der Waals surface area (Å²) in [4.78, 5) is 13.0. The Kier molecular flexibility index (Phi) is 41.2. The average molecular weight is 880 g/mol. The fourth-order valence-electron chi connectivity index (χ4n) is 8.51. The zero-order chi connectivity index (χ0) is 45.1. The molecule has 1 saturated heterocycles. The predicted molar refractivity (Wildman–Crippen MR) is 258 cm³/mol. The molecule has 1 rings (SSSR count). The Balaban J connectivity index is 2.25. The number of aliphatic hydroxyl groups is 5. The second-order valence-corrected chi connectivity index (χ2v) is 18.7. The summed E-state index contributed by atoms with van der Waals surface area (Å²) in [6, 6.07) is -0.805. The van der Waals surface area contributed by atoms with Crippen LogP contribution in [0, 0.1) is 0 Å². The average Bonchev–Trinajstić information content (AvgIpc) is 3.27. The maximum absolute atomic E-state index is 13.0. The number of amides is 1. The fourth-order valence-corrected chi connectivity index (χ4v) is 8.51. The smallest absolute Gasteiger partial charge is 0.220 e. The van der Waals surface area contributed by atoms with Gasteiger partial charge in [-0.2, -0.15) is 0 Å². The molecule has 6 N–H and O–H groups in total. The van der Waals surface area contributed by atoms with Crippen molar-refractivity contribution in [1.29, 1.82) is 0 Å². The van der Waals surface area contributed by atoms with Gasteiger partial charge in [-0.05, 0) is 44.9 Å². The predicted octanol–water partition coefficient (Wildman–Crippen LogP) is 12.2. The molecule has 0 aromatic carbocycles. The number of rotatable bonds is 45. The molecular formula is C53H101NO8. The summed E-state index contributed by atoms with van der Waals surface area (Å²) in [5, 5.41) is 54.4. The molecule has 0 aromatic heterocycles. The maximum atomic E-state index is 13.0. The lowest BCUT2D eigenvalue weighted by molar-refractivity contribution is -0.302. The summed E-state index contributed by atoms with van der Waals surface area (Å²) in [6.07, 6.45) is 46.6. The topological polar surface area (TPSA) is 149 Å². The first-order valence-electron chi connectivity index (χ1n) is 26.6. The zero-order valence-corrected chi connectivity index (χ0v) is 40.4. The summed E-state index contributed by atoms with van der Waals surface area (Å²) >= 11 is 0. The molecule has 1 fully saturated rings. The van der Waals surface area contributed by atoms with Crippen LogP contribution in [-0.2, 0) is 14.3 Å². The number of hydrogen-bond acceptors (Lipinski definition) is 8. The maximum Gasteiger partial charge on any atom is 0.220 e. The van der Waals surface area contributed by atoms with E-state index in [-0.39, 0.29) is 12.5 Å². The molecule has 62 heavy (non-hydrogen) atoms. The van der Waals surface area contributed by atoms with Crippen molar-refractivity contribution in [3.63, 3.8) is 0 Å². The number of carbonyl (C=O) groups is 1. The Morgan fingerprint density at radius 2 is 0.903 bits per heavy atom. The molecule has 1 aliphatic heterocycles. The Bertz CT molecular complexity index is 1020. The van der Waals surface area contributed by atoms with Gasteiger partial charge in [0.15, 0.2) is 6.29 Å². The van der Waals surface area contributed by atoms with Crippen molar-refractivity contribution in [2.24, 2.45) is 0 Å². The van der Waals surface area contributed by atoms with E-state index in [9.17, 15) is 30.3 Å². The zero-order valence-electron chi connectivity index (χ0n) is 40.4. The molecule has 7 atom stereocenters. The van der Waals surface area contributed by atoms with Crippen molar-refractivity contribution in [3.8, 4) is 0 Å². The normalized spacial score (nSPS) is 20.4. The van der Waals surface area contributed by atoms with E-state index in [0.717, 1.165) is 44.9 Å². The van der Waals surface area contributed by atoms with E-state index in [1.54, 1.807) is 6.08 Å². The van der Waals surface area contributed by atoms with Crippen molar-refractivity contribution in [3.05, 3.63) is 24.3 Å². The van der Waals surface area contributed by atoms with Crippen LogP contribution in [0.15, 0.2) is 24.3 Å². The summed E-state index contributed by atoms with van der Waals surface area (Å²) in [5.41, 5.74) is 0. The van der Waals surface area contributed by atoms with Crippen molar-refractivity contribution in [1.82, 2.24) is 5.32 Å². The van der Waals surface area contributed by atoms with E-state index < -0.39 is 49.5 Å². The Labute approximate surface area is 381 Å². The van der Waals surface area contributed by atoms with Gasteiger partial charge < -0.3 is 40.3 Å². The molecule has 0 bridgehead atoms. The monoisotopic (exact) mass is 880 g/mol. The van der Waals surface area contributed by atoms with Crippen LogP contribution < -0.4 is 5.32 Å². The fraction of sp³-hybridized carbons (Fsp3) is 0.906. The third kappa shape index (κ3) is 33.2. The van der Waals surface area contributed by atoms with E-state index in [0.29, 0.717) is 6.42 Å². The minimum Gasteiger partial charge on any atom is -0.394 e. The van der Waals surface area contributed by atoms with Gasteiger partial charge in [-0.15, -0.1) is 0 Å². The lowest BCUT2D eigenvalue weighted by Crippen LogP contribution is -2.60. The van der Waals surface area contributed by atoms with E-state index in [2.05, 4.69) is 31.3 Å². The van der Waals surface area contributed by atoms with Crippen molar-refractivity contribution < 1.29 is 39.8 Å². The van der Waals surface area contributed by atoms with Gasteiger partial charge in [0.05, 0.1) is 25.4 Å². The Hall–Kier alpha value is -1.33. The first-order valence-corrected chi connectivity index (χ1v) is 26.6. The van der Waals surface area contributed by atoms with Crippen LogP contribution in [0.3, 0.4) is 0 Å². The first-order chi connectivity index (χ1) is 30.3. The van der Waals surface area contributed by atoms with E-state index in [1.165, 1.54) is 186 Å². The number of hydrogen-bond donors (Lipinski definition) is 6. The number of unbranched alkanes of at least 4 members (excludes halogenated alkanes) is 33. The molecule has 7 unspecified atom stereocenters. The van der Waals surface area contributed by atoms with Gasteiger partial charge in [0.2, 0.25) is 5.91 Å². The van der Waals surface area contributed by atoms with Crippen LogP contribution in [-0.4, -0.2) is 87.5 Å². The molecule has 1 heterocycles. The van der Waals surface area contributed by atoms with Gasteiger partial charge in [-0.25, -0.2) is 0 Å². The Morgan fingerprint density at radius 3 is 1.32 bits per heavy atom. The highest BCUT2D eigenvalue weighted by molar-refractivity contribution is 5.76. The standard InChI is InChI=1S/C53H101NO8/c1-3-5-7-9-11-13-15-17-19-20-21-22-23-24-25-26-27-29-30-32-34-36-38-40-42-47(56)46(45-61-53-52(60)51(59)50(58)48(44-55)62-53)54-49(57)43-41-39-37-35-33-31-28-18-16-14-12-10-8-6-4-2/h14,16,40,42,46-48,50-53,55-56,58-60H,3-13,15,17-39,41,43-45H2,1-2H3,(H,54,57)/b16-14-,42-40+. The van der Waals surface area contributed by atoms with Gasteiger partial charge in [-0.1, -0.05) is 224 Å². The SMILES string of the molecule is CCCCCC/C=C\CCCCCCCCCC(=O)NC(COC1OC(CO)C(O)C(O)C1O)C(O)/C=C/CCCCCCCCCCCCCCCCCCCCCCCC. The lowest BCUT2D eigenvalue weighted by atomic mass is 9.99. The second-order valence-electron chi connectivity index (χ2n) is 18.7. The number of allylic oxidation sites excluding steroid dienone is 3. The van der Waals surface area contributed by atoms with E-state index in [4.69, 9.17) is 9.47 Å². The number of aliphatic hydroxyl groups excluding tert-OH is 5. The van der Waals surface area contributed by atoms with Crippen LogP contribution in [0.2, 0.25) is 0 Å². The minimum atomic E-state index is -1.57. The van der Waals surface area contributed by atoms with E-state index >= 15 is 0 Å². The van der Waals surface area contributed by atoms with Gasteiger partial charge >= 0.3 is 0 Å². The van der Waals surface area contributed by atoms with Crippen LogP contribution in [0.25, 0.3) is 0 Å². The number of nitrogens with one attached hydrogen (secondary N) is 1. The highest BCUT2D eigenvalue weighted by Gasteiger charge is 2.44. The minimum absolute atomic E-state index is 0.180. The Morgan fingerprint density at radius 1 is 0.532 bits per heavy atom. The highest BCUT2D eigenvalue weighted by Crippen LogP contribution is 2.23. The molecule has 1 amide bonds. The van der Waals surface area contributed by atoms with Gasteiger partial charge in [0, 0.05) is 6.42 Å². The second kappa shape index (κ2) is 43.6. The highest BCUT2D eigenvalue weighted by atomic mass is 16.7. The molecular weight excluding hydrogens is 779 g/mol. The summed E-state index contributed by atoms with van der Waals surface area (Å²) in [5.74, 6) is -0.180. The lowest BCUT2D eigenvalue weighted by Gasteiger charge is -2.40. The molecule has 0 radical (unpaired) electrons. The summed E-state index contributed by atoms with van der Waals surface area (Å²) in [6.45, 7) is 3.78. The van der Waals surface area contributed by atoms with Crippen LogP contribution in [0.5, 0.6) is 0 Å². The molecule has 0 aliphatic carbocycles. The van der Waals surface area contributed by atoms with Crippen LogP contribution >= 0.6 is 0 Å². The van der Waals surface area contributed by atoms with Crippen LogP contribution in [0.1, 0.15) is 251 Å². The van der Waals surface area contributed by atoms with Crippen molar-refractivity contribution >= 4 is 5.91 Å². The molecule has 9 nitrogen and oxygen atoms in total. The summed E-state index contributed by atoms with van der Waals surface area (Å²) < 4.78 is 11.2. The molecule has 0 spiro atoms. The third-order valence-corrected chi connectivity index (χ3v) is 12.8. The summed E-state index contributed by atoms with van der Waals surface area (Å²) in [7, 11) is 0. The first kappa shape index (κ1) is 58.7. The molecule has 0 aromatic rings. The molecule has 366 valence electrons. The number of carbonyl (C=O) groups excluding carboxylic acids is 1.